The molecule has 1 heterocycles. The van der Waals surface area contributed by atoms with Crippen molar-refractivity contribution in [3.63, 3.8) is 0 Å². The summed E-state index contributed by atoms with van der Waals surface area (Å²) in [7, 11) is -0.906. The second kappa shape index (κ2) is 17.7. The van der Waals surface area contributed by atoms with Gasteiger partial charge in [-0.1, -0.05) is 45.0 Å². The average molecular weight is 814 g/mol. The van der Waals surface area contributed by atoms with Crippen LogP contribution in [0.3, 0.4) is 0 Å². The quantitative estimate of drug-likeness (QED) is 0.0579. The molecule has 0 saturated carbocycles. The van der Waals surface area contributed by atoms with Crippen LogP contribution in [0.2, 0.25) is 0 Å². The Morgan fingerprint density at radius 3 is 2.28 bits per heavy atom. The largest absolute Gasteiger partial charge is 0.496 e. The van der Waals surface area contributed by atoms with E-state index < -0.39 is 33.5 Å². The number of pyridine rings is 1. The van der Waals surface area contributed by atoms with Crippen LogP contribution in [0.25, 0.3) is 10.8 Å². The number of urea groups is 1. The summed E-state index contributed by atoms with van der Waals surface area (Å²) in [6, 6.07) is 20.6. The van der Waals surface area contributed by atoms with E-state index in [0.29, 0.717) is 51.6 Å². The smallest absolute Gasteiger partial charge is 0.324 e. The number of methoxy groups -OCH3 is 2. The van der Waals surface area contributed by atoms with Crippen LogP contribution in [-0.2, 0) is 20.2 Å². The number of rotatable bonds is 16. The highest BCUT2D eigenvalue weighted by molar-refractivity contribution is 7.92. The molecule has 4 aromatic carbocycles. The monoisotopic (exact) mass is 813 g/mol. The van der Waals surface area contributed by atoms with E-state index in [9.17, 15) is 22.8 Å². The normalized spacial score (nSPS) is 12.0. The number of nitrogens with one attached hydrogen (secondary N) is 3. The number of hydrogen-bond donors (Lipinski definition) is 6. The van der Waals surface area contributed by atoms with Gasteiger partial charge < -0.3 is 41.4 Å². The number of aromatic nitrogens is 1. The van der Waals surface area contributed by atoms with Crippen molar-refractivity contribution in [2.45, 2.75) is 45.1 Å². The van der Waals surface area contributed by atoms with Crippen molar-refractivity contribution >= 4 is 67.3 Å². The Hall–Kier alpha value is -6.59. The molecule has 0 fully saturated rings. The fourth-order valence-corrected chi connectivity index (χ4v) is 6.68. The van der Waals surface area contributed by atoms with Crippen LogP contribution in [-0.4, -0.2) is 69.5 Å². The number of nitrogens with zero attached hydrogens (tertiary/aromatic N) is 2. The van der Waals surface area contributed by atoms with Crippen molar-refractivity contribution in [1.82, 2.24) is 10.3 Å². The number of carboxylic acid groups (broad SMARTS) is 1. The van der Waals surface area contributed by atoms with Crippen molar-refractivity contribution < 1.29 is 42.1 Å². The minimum atomic E-state index is -3.73. The van der Waals surface area contributed by atoms with Gasteiger partial charge in [-0.25, -0.2) is 18.2 Å². The van der Waals surface area contributed by atoms with E-state index in [0.717, 1.165) is 11.8 Å². The molecule has 17 heteroatoms. The van der Waals surface area contributed by atoms with E-state index >= 15 is 0 Å². The summed E-state index contributed by atoms with van der Waals surface area (Å²) in [5, 5.41) is 16.1. The lowest BCUT2D eigenvalue weighted by Gasteiger charge is -2.29. The van der Waals surface area contributed by atoms with Crippen molar-refractivity contribution in [1.29, 1.82) is 0 Å². The fraction of sp³-hybridized carbons (Fsp3) is 0.268. The molecule has 8 N–H and O–H groups in total. The van der Waals surface area contributed by atoms with E-state index in [4.69, 9.17) is 30.8 Å². The summed E-state index contributed by atoms with van der Waals surface area (Å²) in [5.74, 6) is 0.245. The Labute approximate surface area is 336 Å². The van der Waals surface area contributed by atoms with E-state index in [1.165, 1.54) is 19.1 Å². The molecule has 16 nitrogen and oxygen atoms in total. The maximum Gasteiger partial charge on any atom is 0.324 e. The molecule has 58 heavy (non-hydrogen) atoms. The molecule has 306 valence electrons. The maximum atomic E-state index is 13.4. The number of carbonyl (C=O) groups is 3. The van der Waals surface area contributed by atoms with Gasteiger partial charge in [-0.15, -0.1) is 0 Å². The molecule has 0 aliphatic heterocycles. The van der Waals surface area contributed by atoms with E-state index in [1.807, 2.05) is 45.0 Å². The predicted molar refractivity (Wildman–Crippen MR) is 224 cm³/mol. The maximum absolute atomic E-state index is 13.4. The van der Waals surface area contributed by atoms with Crippen molar-refractivity contribution in [2.24, 2.45) is 11.5 Å². The molecular weight excluding hydrogens is 767 g/mol. The van der Waals surface area contributed by atoms with E-state index in [2.05, 4.69) is 20.3 Å². The number of primary amides is 1. The van der Waals surface area contributed by atoms with Crippen LogP contribution < -0.4 is 45.9 Å². The van der Waals surface area contributed by atoms with Gasteiger partial charge in [-0.2, -0.15) is 0 Å². The first-order valence-electron chi connectivity index (χ1n) is 18.1. The average Bonchev–Trinajstić information content (AvgIpc) is 3.16. The van der Waals surface area contributed by atoms with Gasteiger partial charge in [0.15, 0.2) is 5.75 Å². The predicted octanol–water partition coefficient (Wildman–Crippen LogP) is 6.60. The van der Waals surface area contributed by atoms with Crippen LogP contribution in [0.15, 0.2) is 85.1 Å². The Morgan fingerprint density at radius 2 is 1.64 bits per heavy atom. The van der Waals surface area contributed by atoms with Gasteiger partial charge in [-0.3, -0.25) is 19.2 Å². The summed E-state index contributed by atoms with van der Waals surface area (Å²) in [4.78, 5) is 42.9. The highest BCUT2D eigenvalue weighted by atomic mass is 32.2. The minimum Gasteiger partial charge on any atom is -0.496 e. The second-order valence-corrected chi connectivity index (χ2v) is 16.1. The Balaban J connectivity index is 1.43. The summed E-state index contributed by atoms with van der Waals surface area (Å²) in [6.45, 7) is 6.12. The van der Waals surface area contributed by atoms with Gasteiger partial charge >= 0.3 is 12.0 Å². The van der Waals surface area contributed by atoms with Crippen LogP contribution >= 0.6 is 0 Å². The molecule has 1 aromatic heterocycles. The van der Waals surface area contributed by atoms with Crippen molar-refractivity contribution in [3.8, 4) is 23.0 Å². The summed E-state index contributed by atoms with van der Waals surface area (Å²) < 4.78 is 44.9. The van der Waals surface area contributed by atoms with Gasteiger partial charge in [0.1, 0.15) is 29.1 Å². The second-order valence-electron chi connectivity index (χ2n) is 14.4. The molecule has 0 aliphatic rings. The lowest BCUT2D eigenvalue weighted by Crippen LogP contribution is -2.32. The molecule has 5 rings (SSSR count). The number of hydrogen-bond acceptors (Lipinski definition) is 11. The van der Waals surface area contributed by atoms with Crippen LogP contribution in [0, 0.1) is 0 Å². The third-order valence-corrected chi connectivity index (χ3v) is 9.56. The number of amides is 3. The van der Waals surface area contributed by atoms with E-state index in [-0.39, 0.29) is 41.6 Å². The molecule has 0 aliphatic carbocycles. The molecule has 5 aromatic rings. The van der Waals surface area contributed by atoms with Crippen LogP contribution in [0.1, 0.15) is 49.5 Å². The lowest BCUT2D eigenvalue weighted by molar-refractivity contribution is -0.138. The third kappa shape index (κ3) is 10.2. The highest BCUT2D eigenvalue weighted by Gasteiger charge is 2.28. The molecule has 0 spiro atoms. The molecule has 1 atom stereocenters. The zero-order chi connectivity index (χ0) is 42.4. The molecule has 0 unspecified atom stereocenters. The van der Waals surface area contributed by atoms with Gasteiger partial charge in [0.05, 0.1) is 43.1 Å². The number of fused-ring (bicyclic) bond motifs is 1. The first-order chi connectivity index (χ1) is 27.4. The van der Waals surface area contributed by atoms with Gasteiger partial charge in [0, 0.05) is 41.3 Å². The molecule has 0 saturated heterocycles. The standard InChI is InChI=1S/C41H47N7O9S/c1-41(2,3)24-20-31(47-58(6,53)54)37(56-5)33(21-24)48(40(43)52)32-15-16-34(28-11-8-7-10-27(28)32)57-26-17-19-44-36(23-26)46-25-13-14-29(35(22-25)55-4)38(49)45-18-9-12-30(42)39(50)51/h7-8,10-11,13-17,19-23,30,47H,9,12,18,42H2,1-6H3,(H2,43,52)(H,44,46)(H,45,49)(H,50,51)/t30-/m1/s1. The fourth-order valence-electron chi connectivity index (χ4n) is 6.13. The number of carboxylic acids is 1. The number of benzene rings is 4. The Kier molecular flexibility index (Phi) is 13.0. The Morgan fingerprint density at radius 1 is 0.914 bits per heavy atom. The summed E-state index contributed by atoms with van der Waals surface area (Å²) >= 11 is 0. The summed E-state index contributed by atoms with van der Waals surface area (Å²) in [5.41, 5.74) is 13.5. The number of sulfonamides is 1. The Bertz CT molecular complexity index is 2450. The third-order valence-electron chi connectivity index (χ3n) is 8.97. The summed E-state index contributed by atoms with van der Waals surface area (Å²) in [6.07, 6.45) is 3.21. The van der Waals surface area contributed by atoms with Gasteiger partial charge in [-0.05, 0) is 66.3 Å². The first kappa shape index (κ1) is 42.6. The SMILES string of the molecule is COc1cc(Nc2cc(Oc3ccc(N(C(N)=O)c4cc(C(C)(C)C)cc(NS(C)(=O)=O)c4OC)c4ccccc34)ccn2)ccc1C(=O)NCCC[C@@H](N)C(=O)O. The van der Waals surface area contributed by atoms with E-state index in [1.54, 1.807) is 60.8 Å². The van der Waals surface area contributed by atoms with Crippen LogP contribution in [0.5, 0.6) is 23.0 Å². The minimum absolute atomic E-state index is 0.101. The molecule has 0 bridgehead atoms. The molecule has 3 amide bonds. The highest BCUT2D eigenvalue weighted by Crippen LogP contribution is 2.46. The number of ether oxygens (including phenoxy) is 3. The van der Waals surface area contributed by atoms with Crippen molar-refractivity contribution in [3.05, 3.63) is 96.2 Å². The topological polar surface area (TPSA) is 238 Å². The number of aliphatic carboxylic acids is 1. The van der Waals surface area contributed by atoms with Crippen LogP contribution in [0.4, 0.5) is 33.4 Å². The lowest BCUT2D eigenvalue weighted by atomic mass is 9.86. The first-order valence-corrected chi connectivity index (χ1v) is 20.0. The number of carbonyl (C=O) groups excluding carboxylic acids is 2. The molecule has 0 radical (unpaired) electrons. The van der Waals surface area contributed by atoms with Gasteiger partial charge in [0.25, 0.3) is 5.91 Å². The zero-order valence-corrected chi connectivity index (χ0v) is 33.8. The number of nitrogens with two attached hydrogens (primary N) is 2. The molecular formula is C41H47N7O9S. The zero-order valence-electron chi connectivity index (χ0n) is 33.0. The number of anilines is 5. The van der Waals surface area contributed by atoms with Crippen molar-refractivity contribution in [2.75, 3.05) is 42.0 Å². The van der Waals surface area contributed by atoms with Gasteiger partial charge in [0.2, 0.25) is 10.0 Å².